The van der Waals surface area contributed by atoms with Gasteiger partial charge in [-0.3, -0.25) is 14.6 Å². The number of anilines is 3. The van der Waals surface area contributed by atoms with E-state index >= 15 is 0 Å². The first-order valence-corrected chi connectivity index (χ1v) is 13.0. The molecule has 1 aliphatic heterocycles. The van der Waals surface area contributed by atoms with E-state index in [1.165, 1.54) is 0 Å². The van der Waals surface area contributed by atoms with Crippen molar-refractivity contribution in [3.63, 3.8) is 0 Å². The molecule has 38 heavy (non-hydrogen) atoms. The number of Topliss-reactive ketones (excluding diaryl/α,β-unsaturated/α-hetero) is 2. The number of nitrogens with one attached hydrogen (secondary N) is 1. The summed E-state index contributed by atoms with van der Waals surface area (Å²) < 4.78 is 0. The van der Waals surface area contributed by atoms with Gasteiger partial charge in [-0.05, 0) is 84.6 Å². The van der Waals surface area contributed by atoms with Crippen LogP contribution in [0.3, 0.4) is 0 Å². The summed E-state index contributed by atoms with van der Waals surface area (Å²) in [7, 11) is 0. The minimum atomic E-state index is -0.200. The van der Waals surface area contributed by atoms with Gasteiger partial charge >= 0.3 is 0 Å². The number of nitrogens with zero attached hydrogens (tertiary/aromatic N) is 2. The quantitative estimate of drug-likeness (QED) is 0.287. The molecule has 2 N–H and O–H groups in total. The van der Waals surface area contributed by atoms with E-state index in [0.29, 0.717) is 24.1 Å². The third-order valence-corrected chi connectivity index (χ3v) is 6.90. The van der Waals surface area contributed by atoms with Crippen molar-refractivity contribution in [2.75, 3.05) is 23.3 Å². The van der Waals surface area contributed by atoms with Crippen molar-refractivity contribution in [2.24, 2.45) is 0 Å². The second-order valence-corrected chi connectivity index (χ2v) is 9.70. The van der Waals surface area contributed by atoms with Gasteiger partial charge in [-0.1, -0.05) is 30.3 Å². The number of ketones is 2. The smallest absolute Gasteiger partial charge is 0.185 e. The molecule has 0 aliphatic carbocycles. The number of benzene rings is 3. The van der Waals surface area contributed by atoms with Crippen LogP contribution in [0.1, 0.15) is 44.8 Å². The maximum atomic E-state index is 12.8. The summed E-state index contributed by atoms with van der Waals surface area (Å²) in [5.41, 5.74) is 6.01. The molecule has 192 valence electrons. The Labute approximate surface area is 223 Å². The van der Waals surface area contributed by atoms with Crippen LogP contribution >= 0.6 is 0 Å². The minimum absolute atomic E-state index is 0.00451. The van der Waals surface area contributed by atoms with Gasteiger partial charge in [-0.25, -0.2) is 0 Å². The highest BCUT2D eigenvalue weighted by atomic mass is 16.3. The highest BCUT2D eigenvalue weighted by Crippen LogP contribution is 2.22. The Morgan fingerprint density at radius 2 is 1.34 bits per heavy atom. The number of hydrogen-bond donors (Lipinski definition) is 2. The molecule has 6 nitrogen and oxygen atoms in total. The van der Waals surface area contributed by atoms with E-state index in [2.05, 4.69) is 15.2 Å². The van der Waals surface area contributed by atoms with E-state index in [-0.39, 0.29) is 17.7 Å². The fourth-order valence-corrected chi connectivity index (χ4v) is 4.65. The predicted molar refractivity (Wildman–Crippen MR) is 150 cm³/mol. The van der Waals surface area contributed by atoms with Gasteiger partial charge in [0.1, 0.15) is 5.69 Å². The topological polar surface area (TPSA) is 82.5 Å². The van der Waals surface area contributed by atoms with Crippen LogP contribution in [0.15, 0.2) is 97.2 Å². The number of carbonyl (C=O) groups excluding carboxylic acids is 2. The number of rotatable bonds is 9. The Hall–Kier alpha value is -4.29. The van der Waals surface area contributed by atoms with E-state index in [0.717, 1.165) is 54.1 Å². The minimum Gasteiger partial charge on any atom is -0.393 e. The first-order chi connectivity index (χ1) is 18.5. The van der Waals surface area contributed by atoms with E-state index in [1.54, 1.807) is 18.3 Å². The molecule has 0 bridgehead atoms. The second-order valence-electron chi connectivity index (χ2n) is 9.70. The SMILES string of the molecule is O=C(Cc1ccc(Nc2ccc(CC(=O)c3ccccn3)cc2)cc1)c1ccc(N2CCC(O)CC2)cc1. The summed E-state index contributed by atoms with van der Waals surface area (Å²) in [5, 5.41) is 13.1. The fourth-order valence-electron chi connectivity index (χ4n) is 4.65. The summed E-state index contributed by atoms with van der Waals surface area (Å²) >= 11 is 0. The van der Waals surface area contributed by atoms with Crippen LogP contribution < -0.4 is 10.2 Å². The maximum Gasteiger partial charge on any atom is 0.185 e. The molecule has 4 aromatic rings. The Balaban J connectivity index is 1.13. The largest absolute Gasteiger partial charge is 0.393 e. The van der Waals surface area contributed by atoms with Crippen LogP contribution in [0.25, 0.3) is 0 Å². The molecular weight excluding hydrogens is 474 g/mol. The zero-order chi connectivity index (χ0) is 26.3. The molecule has 0 amide bonds. The van der Waals surface area contributed by atoms with Crippen molar-refractivity contribution in [1.29, 1.82) is 0 Å². The molecule has 0 atom stereocenters. The van der Waals surface area contributed by atoms with Crippen LogP contribution in [0, 0.1) is 0 Å². The van der Waals surface area contributed by atoms with Gasteiger partial charge in [0.25, 0.3) is 0 Å². The van der Waals surface area contributed by atoms with E-state index in [1.807, 2.05) is 78.9 Å². The summed E-state index contributed by atoms with van der Waals surface area (Å²) in [6.07, 6.45) is 3.64. The highest BCUT2D eigenvalue weighted by molar-refractivity contribution is 5.98. The van der Waals surface area contributed by atoms with Crippen LogP contribution in [-0.4, -0.2) is 40.9 Å². The van der Waals surface area contributed by atoms with Crippen molar-refractivity contribution < 1.29 is 14.7 Å². The molecule has 1 aliphatic rings. The van der Waals surface area contributed by atoms with E-state index in [9.17, 15) is 14.7 Å². The maximum absolute atomic E-state index is 12.8. The lowest BCUT2D eigenvalue weighted by Crippen LogP contribution is -2.35. The molecule has 3 aromatic carbocycles. The van der Waals surface area contributed by atoms with Gasteiger partial charge in [-0.2, -0.15) is 0 Å². The zero-order valence-electron chi connectivity index (χ0n) is 21.2. The molecular formula is C32H31N3O3. The second kappa shape index (κ2) is 11.8. The monoisotopic (exact) mass is 505 g/mol. The number of aromatic nitrogens is 1. The highest BCUT2D eigenvalue weighted by Gasteiger charge is 2.17. The first-order valence-electron chi connectivity index (χ1n) is 13.0. The van der Waals surface area contributed by atoms with Gasteiger partial charge in [0.2, 0.25) is 0 Å². The normalized spacial score (nSPS) is 13.8. The molecule has 6 heteroatoms. The van der Waals surface area contributed by atoms with Crippen LogP contribution in [-0.2, 0) is 12.8 Å². The molecule has 2 heterocycles. The summed E-state index contributed by atoms with van der Waals surface area (Å²) in [4.78, 5) is 31.6. The van der Waals surface area contributed by atoms with Crippen LogP contribution in [0.2, 0.25) is 0 Å². The lowest BCUT2D eigenvalue weighted by atomic mass is 10.0. The summed E-state index contributed by atoms with van der Waals surface area (Å²) in [6, 6.07) is 28.8. The average Bonchev–Trinajstić information content (AvgIpc) is 2.96. The molecule has 0 radical (unpaired) electrons. The van der Waals surface area contributed by atoms with Crippen molar-refractivity contribution in [1.82, 2.24) is 4.98 Å². The van der Waals surface area contributed by atoms with Gasteiger partial charge in [0.05, 0.1) is 6.10 Å². The van der Waals surface area contributed by atoms with Crippen molar-refractivity contribution in [3.8, 4) is 0 Å². The predicted octanol–water partition coefficient (Wildman–Crippen LogP) is 5.64. The summed E-state index contributed by atoms with van der Waals surface area (Å²) in [5.74, 6) is 0.0808. The van der Waals surface area contributed by atoms with Crippen LogP contribution in [0.4, 0.5) is 17.1 Å². The first kappa shape index (κ1) is 25.4. The number of hydrogen-bond acceptors (Lipinski definition) is 6. The standard InChI is InChI=1S/C32H31N3O3/c36-29-16-19-35(20-17-29)28-14-8-25(9-15-28)31(37)21-23-4-10-26(11-5-23)34-27-12-6-24(7-13-27)22-32(38)30-3-1-2-18-33-30/h1-15,18,29,34,36H,16-17,19-22H2. The lowest BCUT2D eigenvalue weighted by molar-refractivity contribution is 0.0982. The molecule has 5 rings (SSSR count). The lowest BCUT2D eigenvalue weighted by Gasteiger charge is -2.31. The average molecular weight is 506 g/mol. The molecule has 1 aromatic heterocycles. The van der Waals surface area contributed by atoms with Gasteiger partial charge < -0.3 is 15.3 Å². The van der Waals surface area contributed by atoms with Gasteiger partial charge in [-0.15, -0.1) is 0 Å². The van der Waals surface area contributed by atoms with Gasteiger partial charge in [0, 0.05) is 54.8 Å². The molecule has 0 spiro atoms. The fraction of sp³-hybridized carbons (Fsp3) is 0.219. The Morgan fingerprint density at radius 1 is 0.763 bits per heavy atom. The number of pyridine rings is 1. The number of carbonyl (C=O) groups is 2. The van der Waals surface area contributed by atoms with E-state index < -0.39 is 0 Å². The van der Waals surface area contributed by atoms with Crippen molar-refractivity contribution in [3.05, 3.63) is 120 Å². The van der Waals surface area contributed by atoms with Crippen molar-refractivity contribution in [2.45, 2.75) is 31.8 Å². The Bertz CT molecular complexity index is 1360. The third-order valence-electron chi connectivity index (χ3n) is 6.90. The van der Waals surface area contributed by atoms with Crippen molar-refractivity contribution >= 4 is 28.6 Å². The summed E-state index contributed by atoms with van der Waals surface area (Å²) in [6.45, 7) is 1.68. The number of aliphatic hydroxyl groups is 1. The molecule has 1 fully saturated rings. The van der Waals surface area contributed by atoms with E-state index in [4.69, 9.17) is 0 Å². The van der Waals surface area contributed by atoms with Gasteiger partial charge in [0.15, 0.2) is 11.6 Å². The van der Waals surface area contributed by atoms with Crippen LogP contribution in [0.5, 0.6) is 0 Å². The third kappa shape index (κ3) is 6.52. The molecule has 0 unspecified atom stereocenters. The Kier molecular flexibility index (Phi) is 7.90. The zero-order valence-corrected chi connectivity index (χ0v) is 21.2. The number of piperidine rings is 1. The molecule has 1 saturated heterocycles. The number of aliphatic hydroxyl groups excluding tert-OH is 1. The molecule has 0 saturated carbocycles. The Morgan fingerprint density at radius 3 is 1.89 bits per heavy atom.